The third kappa shape index (κ3) is 2.66. The second kappa shape index (κ2) is 3.46. The molecule has 0 aliphatic carbocycles. The van der Waals surface area contributed by atoms with Gasteiger partial charge in [-0.15, -0.1) is 0 Å². The fourth-order valence-corrected chi connectivity index (χ4v) is 0.945. The van der Waals surface area contributed by atoms with Gasteiger partial charge in [0, 0.05) is 6.42 Å². The summed E-state index contributed by atoms with van der Waals surface area (Å²) in [6.07, 6.45) is -0.499. The molecule has 0 aliphatic rings. The molecule has 0 nitrogen and oxygen atoms in total. The van der Waals surface area contributed by atoms with E-state index in [9.17, 15) is 8.78 Å². The molecule has 0 N–H and O–H groups in total. The molecule has 0 fully saturated rings. The normalized spacial score (nSPS) is 13.0. The number of hydrogen-bond donors (Lipinski definition) is 0. The van der Waals surface area contributed by atoms with E-state index in [2.05, 4.69) is 0 Å². The van der Waals surface area contributed by atoms with Crippen LogP contribution < -0.4 is 0 Å². The van der Waals surface area contributed by atoms with Crippen LogP contribution in [0.1, 0.15) is 12.5 Å². The average molecular weight is 156 g/mol. The van der Waals surface area contributed by atoms with E-state index in [0.717, 1.165) is 5.56 Å². The van der Waals surface area contributed by atoms with E-state index < -0.39 is 6.17 Å². The summed E-state index contributed by atoms with van der Waals surface area (Å²) in [5.41, 5.74) is 0.835. The quantitative estimate of drug-likeness (QED) is 0.617. The van der Waals surface area contributed by atoms with Crippen LogP contribution in [0.4, 0.5) is 8.78 Å². The molecule has 0 saturated carbocycles. The van der Waals surface area contributed by atoms with E-state index >= 15 is 0 Å². The summed E-state index contributed by atoms with van der Waals surface area (Å²) in [5, 5.41) is 0. The maximum atomic E-state index is 12.4. The van der Waals surface area contributed by atoms with Gasteiger partial charge in [-0.05, 0) is 24.6 Å². The zero-order valence-electron chi connectivity index (χ0n) is 6.35. The van der Waals surface area contributed by atoms with E-state index in [1.54, 1.807) is 12.1 Å². The van der Waals surface area contributed by atoms with Gasteiger partial charge in [0.15, 0.2) is 0 Å². The van der Waals surface area contributed by atoms with Crippen molar-refractivity contribution in [2.24, 2.45) is 0 Å². The van der Waals surface area contributed by atoms with Crippen LogP contribution in [-0.4, -0.2) is 6.17 Å². The Morgan fingerprint density at radius 1 is 1.27 bits per heavy atom. The zero-order valence-corrected chi connectivity index (χ0v) is 6.35. The monoisotopic (exact) mass is 156 g/mol. The van der Waals surface area contributed by atoms with Gasteiger partial charge in [0.2, 0.25) is 0 Å². The molecule has 1 aromatic carbocycles. The lowest BCUT2D eigenvalue weighted by atomic mass is 10.1. The van der Waals surface area contributed by atoms with Crippen LogP contribution in [0.3, 0.4) is 0 Å². The summed E-state index contributed by atoms with van der Waals surface area (Å²) in [4.78, 5) is 0. The van der Waals surface area contributed by atoms with Crippen molar-refractivity contribution in [2.75, 3.05) is 0 Å². The molecule has 1 atom stereocenters. The Balaban J connectivity index is 2.66. The first-order valence-electron chi connectivity index (χ1n) is 3.57. The Morgan fingerprint density at radius 2 is 1.82 bits per heavy atom. The first kappa shape index (κ1) is 8.18. The van der Waals surface area contributed by atoms with E-state index in [1.807, 2.05) is 0 Å². The SMILES string of the molecule is CC(F)Cc1ccc(F)cc1. The van der Waals surface area contributed by atoms with Crippen molar-refractivity contribution >= 4 is 0 Å². The summed E-state index contributed by atoms with van der Waals surface area (Å²) >= 11 is 0. The van der Waals surface area contributed by atoms with Crippen LogP contribution in [0.25, 0.3) is 0 Å². The highest BCUT2D eigenvalue weighted by Gasteiger charge is 1.99. The third-order valence-electron chi connectivity index (χ3n) is 1.43. The van der Waals surface area contributed by atoms with Gasteiger partial charge in [-0.3, -0.25) is 0 Å². The van der Waals surface area contributed by atoms with Gasteiger partial charge in [-0.2, -0.15) is 0 Å². The number of rotatable bonds is 2. The Labute approximate surface area is 64.9 Å². The van der Waals surface area contributed by atoms with Crippen LogP contribution in [0.15, 0.2) is 24.3 Å². The van der Waals surface area contributed by atoms with Crippen LogP contribution >= 0.6 is 0 Å². The third-order valence-corrected chi connectivity index (χ3v) is 1.43. The van der Waals surface area contributed by atoms with Gasteiger partial charge in [0.1, 0.15) is 12.0 Å². The van der Waals surface area contributed by atoms with Gasteiger partial charge < -0.3 is 0 Å². The Bertz CT molecular complexity index is 214. The van der Waals surface area contributed by atoms with Crippen molar-refractivity contribution in [3.8, 4) is 0 Å². The summed E-state index contributed by atoms with van der Waals surface area (Å²) in [6, 6.07) is 5.90. The average Bonchev–Trinajstić information content (AvgIpc) is 1.93. The number of halogens is 2. The lowest BCUT2D eigenvalue weighted by Crippen LogP contribution is -1.97. The molecule has 1 rings (SSSR count). The van der Waals surface area contributed by atoms with E-state index in [4.69, 9.17) is 0 Å². The Kier molecular flexibility index (Phi) is 2.58. The molecular weight excluding hydrogens is 146 g/mol. The standard InChI is InChI=1S/C9H10F2/c1-7(10)6-8-2-4-9(11)5-3-8/h2-5,7H,6H2,1H3. The predicted octanol–water partition coefficient (Wildman–Crippen LogP) is 2.73. The molecule has 1 unspecified atom stereocenters. The van der Waals surface area contributed by atoms with Gasteiger partial charge in [-0.1, -0.05) is 12.1 Å². The van der Waals surface area contributed by atoms with Crippen molar-refractivity contribution < 1.29 is 8.78 Å². The highest BCUT2D eigenvalue weighted by atomic mass is 19.1. The maximum absolute atomic E-state index is 12.4. The van der Waals surface area contributed by atoms with Gasteiger partial charge in [-0.25, -0.2) is 8.78 Å². The fourth-order valence-electron chi connectivity index (χ4n) is 0.945. The van der Waals surface area contributed by atoms with E-state index in [0.29, 0.717) is 6.42 Å². The minimum absolute atomic E-state index is 0.278. The van der Waals surface area contributed by atoms with E-state index in [-0.39, 0.29) is 5.82 Å². The van der Waals surface area contributed by atoms with Gasteiger partial charge in [0.05, 0.1) is 0 Å². The van der Waals surface area contributed by atoms with E-state index in [1.165, 1.54) is 19.1 Å². The molecule has 0 radical (unpaired) electrons. The smallest absolute Gasteiger partial charge is 0.123 e. The van der Waals surface area contributed by atoms with Crippen LogP contribution in [0, 0.1) is 5.82 Å². The minimum atomic E-state index is -0.861. The van der Waals surface area contributed by atoms with Crippen molar-refractivity contribution in [1.82, 2.24) is 0 Å². The summed E-state index contributed by atoms with van der Waals surface area (Å²) in [6.45, 7) is 1.49. The lowest BCUT2D eigenvalue weighted by Gasteiger charge is -2.00. The number of hydrogen-bond acceptors (Lipinski definition) is 0. The topological polar surface area (TPSA) is 0 Å². The molecule has 0 heterocycles. The van der Waals surface area contributed by atoms with Gasteiger partial charge in [0.25, 0.3) is 0 Å². The summed E-state index contributed by atoms with van der Waals surface area (Å²) in [5.74, 6) is -0.278. The lowest BCUT2D eigenvalue weighted by molar-refractivity contribution is 0.360. The van der Waals surface area contributed by atoms with Crippen LogP contribution in [0.2, 0.25) is 0 Å². The maximum Gasteiger partial charge on any atom is 0.123 e. The van der Waals surface area contributed by atoms with Crippen LogP contribution in [-0.2, 0) is 6.42 Å². The second-order valence-corrected chi connectivity index (χ2v) is 2.61. The molecule has 1 aromatic rings. The minimum Gasteiger partial charge on any atom is -0.247 e. The molecular formula is C9H10F2. The molecule has 11 heavy (non-hydrogen) atoms. The molecule has 60 valence electrons. The Hall–Kier alpha value is -0.920. The highest BCUT2D eigenvalue weighted by molar-refractivity contribution is 5.16. The summed E-state index contributed by atoms with van der Waals surface area (Å²) in [7, 11) is 0. The first-order valence-corrected chi connectivity index (χ1v) is 3.57. The number of benzene rings is 1. The first-order chi connectivity index (χ1) is 5.18. The molecule has 2 heteroatoms. The molecule has 0 bridgehead atoms. The van der Waals surface area contributed by atoms with Crippen molar-refractivity contribution in [3.63, 3.8) is 0 Å². The zero-order chi connectivity index (χ0) is 8.27. The van der Waals surface area contributed by atoms with Crippen LogP contribution in [0.5, 0.6) is 0 Å². The van der Waals surface area contributed by atoms with Crippen molar-refractivity contribution in [1.29, 1.82) is 0 Å². The van der Waals surface area contributed by atoms with Crippen molar-refractivity contribution in [3.05, 3.63) is 35.6 Å². The highest BCUT2D eigenvalue weighted by Crippen LogP contribution is 2.06. The molecule has 0 spiro atoms. The Morgan fingerprint density at radius 3 is 2.27 bits per heavy atom. The largest absolute Gasteiger partial charge is 0.247 e. The number of alkyl halides is 1. The second-order valence-electron chi connectivity index (χ2n) is 2.61. The molecule has 0 aromatic heterocycles. The molecule has 0 aliphatic heterocycles. The molecule has 0 saturated heterocycles. The summed E-state index contributed by atoms with van der Waals surface area (Å²) < 4.78 is 24.7. The van der Waals surface area contributed by atoms with Crippen molar-refractivity contribution in [2.45, 2.75) is 19.5 Å². The fraction of sp³-hybridized carbons (Fsp3) is 0.333. The predicted molar refractivity (Wildman–Crippen MR) is 40.7 cm³/mol. The van der Waals surface area contributed by atoms with Gasteiger partial charge >= 0.3 is 0 Å². The molecule has 0 amide bonds.